The minimum absolute atomic E-state index is 0.0348. The Bertz CT molecular complexity index is 1040. The molecule has 0 aromatic heterocycles. The van der Waals surface area contributed by atoms with Gasteiger partial charge < -0.3 is 9.47 Å². The molecule has 0 bridgehead atoms. The first kappa shape index (κ1) is 21.3. The summed E-state index contributed by atoms with van der Waals surface area (Å²) in [4.78, 5) is 30.7. The quantitative estimate of drug-likeness (QED) is 0.463. The first-order chi connectivity index (χ1) is 15.1. The fourth-order valence-corrected chi connectivity index (χ4v) is 4.54. The lowest BCUT2D eigenvalue weighted by Gasteiger charge is -2.34. The summed E-state index contributed by atoms with van der Waals surface area (Å²) in [6.45, 7) is 2.16. The zero-order valence-electron chi connectivity index (χ0n) is 17.3. The number of hydrogen-bond acceptors (Lipinski definition) is 5. The number of Topliss-reactive ketones (excluding diaryl/α,β-unsaturated/α-hetero) is 1. The number of rotatable bonds is 6. The number of ketones is 1. The second-order valence-corrected chi connectivity index (χ2v) is 8.10. The monoisotopic (exact) mass is 437 g/mol. The molecule has 160 valence electrons. The van der Waals surface area contributed by atoms with Crippen LogP contribution in [-0.2, 0) is 14.3 Å². The average molecular weight is 438 g/mol. The number of nitrogens with zero attached hydrogens (tertiary/aromatic N) is 1. The minimum Gasteiger partial charge on any atom is -0.490 e. The van der Waals surface area contributed by atoms with Crippen molar-refractivity contribution in [3.63, 3.8) is 0 Å². The zero-order chi connectivity index (χ0) is 21.8. The molecule has 0 fully saturated rings. The first-order valence-electron chi connectivity index (χ1n) is 10.5. The van der Waals surface area contributed by atoms with Crippen LogP contribution in [0.2, 0.25) is 5.02 Å². The molecule has 0 amide bonds. The molecule has 1 aliphatic carbocycles. The number of para-hydroxylation sites is 1. The molecule has 2 aromatic rings. The number of allylic oxidation sites excluding steroid dienone is 2. The Labute approximate surface area is 186 Å². The number of benzene rings is 2. The van der Waals surface area contributed by atoms with Crippen molar-refractivity contribution in [2.24, 2.45) is 10.9 Å². The molecule has 0 saturated heterocycles. The van der Waals surface area contributed by atoms with E-state index in [-0.39, 0.29) is 19.0 Å². The highest BCUT2D eigenvalue weighted by Gasteiger charge is 2.43. The van der Waals surface area contributed by atoms with Crippen molar-refractivity contribution in [3.05, 3.63) is 76.5 Å². The van der Waals surface area contributed by atoms with Gasteiger partial charge in [-0.3, -0.25) is 14.6 Å². The Kier molecular flexibility index (Phi) is 6.52. The van der Waals surface area contributed by atoms with Crippen molar-refractivity contribution in [3.8, 4) is 5.75 Å². The third-order valence-electron chi connectivity index (χ3n) is 5.67. The van der Waals surface area contributed by atoms with E-state index in [1.807, 2.05) is 55.5 Å². The van der Waals surface area contributed by atoms with Gasteiger partial charge >= 0.3 is 5.97 Å². The summed E-state index contributed by atoms with van der Waals surface area (Å²) in [6, 6.07) is 16.7. The van der Waals surface area contributed by atoms with Gasteiger partial charge in [0.2, 0.25) is 0 Å². The van der Waals surface area contributed by atoms with Crippen LogP contribution in [0.3, 0.4) is 0 Å². The van der Waals surface area contributed by atoms with Crippen molar-refractivity contribution in [1.82, 2.24) is 0 Å². The van der Waals surface area contributed by atoms with E-state index in [0.29, 0.717) is 28.5 Å². The highest BCUT2D eigenvalue weighted by molar-refractivity contribution is 6.31. The number of halogens is 1. The third kappa shape index (κ3) is 4.57. The molecule has 0 spiro atoms. The summed E-state index contributed by atoms with van der Waals surface area (Å²) in [6.07, 6.45) is 1.96. The van der Waals surface area contributed by atoms with Crippen molar-refractivity contribution in [1.29, 1.82) is 0 Å². The van der Waals surface area contributed by atoms with Crippen LogP contribution in [0.25, 0.3) is 0 Å². The second kappa shape index (κ2) is 9.48. The predicted molar refractivity (Wildman–Crippen MR) is 120 cm³/mol. The summed E-state index contributed by atoms with van der Waals surface area (Å²) < 4.78 is 11.2. The minimum atomic E-state index is -0.697. The average Bonchev–Trinajstić information content (AvgIpc) is 2.77. The fourth-order valence-electron chi connectivity index (χ4n) is 4.28. The highest BCUT2D eigenvalue weighted by atomic mass is 35.5. The lowest BCUT2D eigenvalue weighted by Crippen LogP contribution is -2.37. The molecule has 5 nitrogen and oxygen atoms in total. The number of hydrogen-bond donors (Lipinski definition) is 0. The first-order valence-corrected chi connectivity index (χ1v) is 10.8. The number of ether oxygens (including phenoxy) is 2. The molecular formula is C25H24ClNO4. The van der Waals surface area contributed by atoms with Crippen molar-refractivity contribution in [2.45, 2.75) is 32.1 Å². The molecule has 6 heteroatoms. The predicted octanol–water partition coefficient (Wildman–Crippen LogP) is 5.14. The maximum absolute atomic E-state index is 13.2. The van der Waals surface area contributed by atoms with E-state index in [9.17, 15) is 9.59 Å². The van der Waals surface area contributed by atoms with E-state index >= 15 is 0 Å². The van der Waals surface area contributed by atoms with Crippen molar-refractivity contribution in [2.75, 3.05) is 13.2 Å². The Morgan fingerprint density at radius 2 is 1.81 bits per heavy atom. The number of aliphatic imine (C=N–C) groups is 1. The van der Waals surface area contributed by atoms with Gasteiger partial charge in [0.15, 0.2) is 5.78 Å². The zero-order valence-corrected chi connectivity index (χ0v) is 18.1. The summed E-state index contributed by atoms with van der Waals surface area (Å²) in [7, 11) is 0. The van der Waals surface area contributed by atoms with E-state index in [2.05, 4.69) is 4.99 Å². The smallest absolute Gasteiger partial charge is 0.315 e. The van der Waals surface area contributed by atoms with Crippen LogP contribution < -0.4 is 4.74 Å². The van der Waals surface area contributed by atoms with Crippen LogP contribution in [0.15, 0.2) is 70.9 Å². The van der Waals surface area contributed by atoms with Gasteiger partial charge in [0.05, 0.1) is 0 Å². The van der Waals surface area contributed by atoms with E-state index in [1.165, 1.54) is 0 Å². The van der Waals surface area contributed by atoms with Gasteiger partial charge in [-0.2, -0.15) is 0 Å². The van der Waals surface area contributed by atoms with E-state index in [1.54, 1.807) is 6.07 Å². The molecule has 2 aliphatic rings. The summed E-state index contributed by atoms with van der Waals surface area (Å²) in [5.41, 5.74) is 2.78. The van der Waals surface area contributed by atoms with Crippen LogP contribution in [0, 0.1) is 5.92 Å². The molecule has 2 aromatic carbocycles. The van der Waals surface area contributed by atoms with E-state index in [4.69, 9.17) is 21.1 Å². The van der Waals surface area contributed by atoms with Crippen LogP contribution in [-0.4, -0.2) is 30.7 Å². The van der Waals surface area contributed by atoms with Gasteiger partial charge in [0.1, 0.15) is 24.9 Å². The number of carbonyl (C=O) groups is 2. The van der Waals surface area contributed by atoms with Crippen LogP contribution in [0.4, 0.5) is 0 Å². The van der Waals surface area contributed by atoms with Gasteiger partial charge in [0, 0.05) is 34.3 Å². The van der Waals surface area contributed by atoms with Crippen LogP contribution >= 0.6 is 11.6 Å². The SMILES string of the molecule is CC1=NC2=C(C(=O)CCC2)[C@@H](c2ccccc2Cl)C1C(=O)OCCOc1ccccc1. The largest absolute Gasteiger partial charge is 0.490 e. The molecule has 31 heavy (non-hydrogen) atoms. The maximum Gasteiger partial charge on any atom is 0.315 e. The standard InChI is InChI=1S/C25H24ClNO4/c1-16-22(25(29)31-15-14-30-17-8-3-2-4-9-17)23(18-10-5-6-11-19(18)26)24-20(27-16)12-7-13-21(24)28/h2-6,8-11,22-23H,7,12-15H2,1H3/t22?,23-/m0/s1. The Balaban J connectivity index is 1.56. The Morgan fingerprint density at radius 1 is 1.06 bits per heavy atom. The molecule has 1 unspecified atom stereocenters. The summed E-state index contributed by atoms with van der Waals surface area (Å²) >= 11 is 6.50. The summed E-state index contributed by atoms with van der Waals surface area (Å²) in [5, 5.41) is 0.526. The third-order valence-corrected chi connectivity index (χ3v) is 6.01. The normalized spacial score (nSPS) is 20.7. The molecule has 4 rings (SSSR count). The fraction of sp³-hybridized carbons (Fsp3) is 0.320. The van der Waals surface area contributed by atoms with Crippen LogP contribution in [0.1, 0.15) is 37.7 Å². The lowest BCUT2D eigenvalue weighted by atomic mass is 9.72. The van der Waals surface area contributed by atoms with Crippen molar-refractivity contribution >= 4 is 29.1 Å². The van der Waals surface area contributed by atoms with Gasteiger partial charge in [-0.25, -0.2) is 0 Å². The van der Waals surface area contributed by atoms with Gasteiger partial charge in [-0.15, -0.1) is 0 Å². The highest BCUT2D eigenvalue weighted by Crippen LogP contribution is 2.45. The lowest BCUT2D eigenvalue weighted by molar-refractivity contribution is -0.147. The maximum atomic E-state index is 13.2. The molecule has 0 radical (unpaired) electrons. The van der Waals surface area contributed by atoms with Gasteiger partial charge in [-0.1, -0.05) is 48.0 Å². The molecule has 0 saturated carbocycles. The van der Waals surface area contributed by atoms with E-state index in [0.717, 1.165) is 24.1 Å². The molecule has 2 atom stereocenters. The van der Waals surface area contributed by atoms with Gasteiger partial charge in [-0.05, 0) is 43.5 Å². The van der Waals surface area contributed by atoms with Gasteiger partial charge in [0.25, 0.3) is 0 Å². The molecular weight excluding hydrogens is 414 g/mol. The molecule has 1 heterocycles. The molecule has 0 N–H and O–H groups in total. The number of carbonyl (C=O) groups excluding carboxylic acids is 2. The molecule has 1 aliphatic heterocycles. The second-order valence-electron chi connectivity index (χ2n) is 7.70. The Hall–Kier alpha value is -2.92. The van der Waals surface area contributed by atoms with E-state index < -0.39 is 17.8 Å². The Morgan fingerprint density at radius 3 is 2.58 bits per heavy atom. The van der Waals surface area contributed by atoms with Crippen LogP contribution in [0.5, 0.6) is 5.75 Å². The summed E-state index contributed by atoms with van der Waals surface area (Å²) in [5.74, 6) is -0.861. The van der Waals surface area contributed by atoms with Crippen molar-refractivity contribution < 1.29 is 19.1 Å². The number of esters is 1. The topological polar surface area (TPSA) is 65.0 Å².